The van der Waals surface area contributed by atoms with Gasteiger partial charge in [0.1, 0.15) is 11.4 Å². The van der Waals surface area contributed by atoms with Gasteiger partial charge in [-0.2, -0.15) is 0 Å². The maximum absolute atomic E-state index is 11.8. The Labute approximate surface area is 123 Å². The molecule has 0 aliphatic heterocycles. The number of guanidine groups is 1. The van der Waals surface area contributed by atoms with Crippen LogP contribution in [0.25, 0.3) is 0 Å². The van der Waals surface area contributed by atoms with Gasteiger partial charge in [0.2, 0.25) is 5.96 Å². The van der Waals surface area contributed by atoms with E-state index in [1.165, 1.54) is 7.11 Å². The zero-order valence-corrected chi connectivity index (χ0v) is 12.4. The Morgan fingerprint density at radius 1 is 1.10 bits per heavy atom. The zero-order valence-electron chi connectivity index (χ0n) is 12.4. The topological polar surface area (TPSA) is 101 Å². The summed E-state index contributed by atoms with van der Waals surface area (Å²) in [4.78, 5) is 23.3. The van der Waals surface area contributed by atoms with Crippen molar-refractivity contribution < 1.29 is 19.1 Å². The van der Waals surface area contributed by atoms with Crippen molar-refractivity contribution in [2.75, 3.05) is 7.11 Å². The van der Waals surface area contributed by atoms with E-state index in [4.69, 9.17) is 14.9 Å². The highest BCUT2D eigenvalue weighted by molar-refractivity contribution is 6.07. The van der Waals surface area contributed by atoms with Gasteiger partial charge in [-0.1, -0.05) is 0 Å². The van der Waals surface area contributed by atoms with Crippen molar-refractivity contribution in [3.05, 3.63) is 29.8 Å². The summed E-state index contributed by atoms with van der Waals surface area (Å²) in [6.07, 6.45) is -0.803. The minimum atomic E-state index is -0.803. The van der Waals surface area contributed by atoms with Gasteiger partial charge < -0.3 is 9.47 Å². The van der Waals surface area contributed by atoms with Gasteiger partial charge in [-0.15, -0.1) is 0 Å². The molecule has 0 saturated carbocycles. The summed E-state index contributed by atoms with van der Waals surface area (Å²) < 4.78 is 9.95. The molecule has 0 bridgehead atoms. The van der Waals surface area contributed by atoms with E-state index >= 15 is 0 Å². The van der Waals surface area contributed by atoms with Crippen molar-refractivity contribution in [1.29, 1.82) is 5.41 Å². The largest absolute Gasteiger partial charge is 0.497 e. The van der Waals surface area contributed by atoms with Crippen molar-refractivity contribution >= 4 is 18.0 Å². The summed E-state index contributed by atoms with van der Waals surface area (Å²) >= 11 is 0. The van der Waals surface area contributed by atoms with Crippen LogP contribution in [0.2, 0.25) is 0 Å². The number of carbonyl (C=O) groups excluding carboxylic acids is 2. The second kappa shape index (κ2) is 6.74. The summed E-state index contributed by atoms with van der Waals surface area (Å²) in [7, 11) is 1.52. The van der Waals surface area contributed by atoms with Gasteiger partial charge in [-0.3, -0.25) is 20.8 Å². The highest BCUT2D eigenvalue weighted by atomic mass is 16.6. The third-order valence-corrected chi connectivity index (χ3v) is 2.22. The molecule has 3 N–H and O–H groups in total. The molecule has 0 spiro atoms. The average molecular weight is 293 g/mol. The predicted molar refractivity (Wildman–Crippen MR) is 77.6 cm³/mol. The SMILES string of the molecule is COc1ccc(C(=O)NC(=N)NC(=O)OC(C)(C)C)cc1. The molecule has 1 aromatic carbocycles. The van der Waals surface area contributed by atoms with Crippen LogP contribution in [0.5, 0.6) is 5.75 Å². The summed E-state index contributed by atoms with van der Waals surface area (Å²) in [6.45, 7) is 5.10. The molecular weight excluding hydrogens is 274 g/mol. The van der Waals surface area contributed by atoms with E-state index in [-0.39, 0.29) is 0 Å². The standard InChI is InChI=1S/C14H19N3O4/c1-14(2,3)21-13(19)17-12(15)16-11(18)9-5-7-10(20-4)8-6-9/h5-8H,1-4H3,(H3,15,16,17,18,19). The van der Waals surface area contributed by atoms with E-state index in [0.717, 1.165) is 0 Å². The van der Waals surface area contributed by atoms with E-state index in [1.54, 1.807) is 45.0 Å². The normalized spacial score (nSPS) is 10.5. The molecule has 0 unspecified atom stereocenters. The first kappa shape index (κ1) is 16.5. The molecule has 0 atom stereocenters. The van der Waals surface area contributed by atoms with Gasteiger partial charge in [-0.05, 0) is 45.0 Å². The molecule has 0 aliphatic rings. The Morgan fingerprint density at radius 3 is 2.14 bits per heavy atom. The molecule has 0 aromatic heterocycles. The van der Waals surface area contributed by atoms with E-state index in [1.807, 2.05) is 0 Å². The number of amides is 2. The number of hydrogen-bond acceptors (Lipinski definition) is 5. The second-order valence-corrected chi connectivity index (χ2v) is 5.18. The molecule has 1 rings (SSSR count). The fourth-order valence-corrected chi connectivity index (χ4v) is 1.37. The Morgan fingerprint density at radius 2 is 1.67 bits per heavy atom. The van der Waals surface area contributed by atoms with Crippen LogP contribution in [0.4, 0.5) is 4.79 Å². The molecule has 0 aliphatic carbocycles. The molecule has 1 aromatic rings. The molecular formula is C14H19N3O4. The molecule has 0 saturated heterocycles. The van der Waals surface area contributed by atoms with Crippen LogP contribution in [0.1, 0.15) is 31.1 Å². The maximum atomic E-state index is 11.8. The number of ether oxygens (including phenoxy) is 2. The van der Waals surface area contributed by atoms with E-state index < -0.39 is 23.6 Å². The highest BCUT2D eigenvalue weighted by Gasteiger charge is 2.18. The van der Waals surface area contributed by atoms with Crippen LogP contribution in [0.15, 0.2) is 24.3 Å². The summed E-state index contributed by atoms with van der Waals surface area (Å²) in [5, 5.41) is 11.9. The Hall–Kier alpha value is -2.57. The van der Waals surface area contributed by atoms with Gasteiger partial charge in [-0.25, -0.2) is 4.79 Å². The number of rotatable bonds is 2. The van der Waals surface area contributed by atoms with E-state index in [0.29, 0.717) is 11.3 Å². The first-order valence-electron chi connectivity index (χ1n) is 6.25. The molecule has 7 heteroatoms. The van der Waals surface area contributed by atoms with E-state index in [2.05, 4.69) is 10.6 Å². The maximum Gasteiger partial charge on any atom is 0.414 e. The van der Waals surface area contributed by atoms with Crippen LogP contribution in [0, 0.1) is 5.41 Å². The van der Waals surface area contributed by atoms with Gasteiger partial charge >= 0.3 is 6.09 Å². The van der Waals surface area contributed by atoms with Crippen LogP contribution >= 0.6 is 0 Å². The van der Waals surface area contributed by atoms with Gasteiger partial charge in [0, 0.05) is 5.56 Å². The molecule has 0 radical (unpaired) electrons. The third kappa shape index (κ3) is 5.94. The molecule has 0 fully saturated rings. The van der Waals surface area contributed by atoms with Gasteiger partial charge in [0.05, 0.1) is 7.11 Å². The van der Waals surface area contributed by atoms with Crippen LogP contribution in [0.3, 0.4) is 0 Å². The Kier molecular flexibility index (Phi) is 5.29. The molecule has 114 valence electrons. The first-order chi connectivity index (χ1) is 9.71. The summed E-state index contributed by atoms with van der Waals surface area (Å²) in [5.41, 5.74) is -0.337. The van der Waals surface area contributed by atoms with Crippen molar-refractivity contribution in [2.45, 2.75) is 26.4 Å². The zero-order chi connectivity index (χ0) is 16.0. The van der Waals surface area contributed by atoms with Crippen molar-refractivity contribution in [1.82, 2.24) is 10.6 Å². The summed E-state index contributed by atoms with van der Waals surface area (Å²) in [6, 6.07) is 6.35. The smallest absolute Gasteiger partial charge is 0.414 e. The van der Waals surface area contributed by atoms with Crippen LogP contribution in [-0.4, -0.2) is 30.7 Å². The highest BCUT2D eigenvalue weighted by Crippen LogP contribution is 2.11. The van der Waals surface area contributed by atoms with Crippen molar-refractivity contribution in [3.63, 3.8) is 0 Å². The first-order valence-corrected chi connectivity index (χ1v) is 6.25. The quantitative estimate of drug-likeness (QED) is 0.572. The lowest BCUT2D eigenvalue weighted by Crippen LogP contribution is -2.45. The van der Waals surface area contributed by atoms with Crippen LogP contribution in [-0.2, 0) is 4.74 Å². The summed E-state index contributed by atoms with van der Waals surface area (Å²) in [5.74, 6) is -0.350. The fourth-order valence-electron chi connectivity index (χ4n) is 1.37. The third-order valence-electron chi connectivity index (χ3n) is 2.22. The van der Waals surface area contributed by atoms with Crippen molar-refractivity contribution in [2.24, 2.45) is 0 Å². The van der Waals surface area contributed by atoms with Crippen molar-refractivity contribution in [3.8, 4) is 5.75 Å². The fraction of sp³-hybridized carbons (Fsp3) is 0.357. The average Bonchev–Trinajstić information content (AvgIpc) is 2.36. The lowest BCUT2D eigenvalue weighted by atomic mass is 10.2. The Balaban J connectivity index is 2.54. The number of nitrogens with one attached hydrogen (secondary N) is 3. The molecule has 2 amide bonds. The number of methoxy groups -OCH3 is 1. The van der Waals surface area contributed by atoms with E-state index in [9.17, 15) is 9.59 Å². The molecule has 0 heterocycles. The van der Waals surface area contributed by atoms with Crippen LogP contribution < -0.4 is 15.4 Å². The molecule has 21 heavy (non-hydrogen) atoms. The predicted octanol–water partition coefficient (Wildman–Crippen LogP) is 1.88. The number of carbonyl (C=O) groups is 2. The number of alkyl carbamates (subject to hydrolysis) is 1. The monoisotopic (exact) mass is 293 g/mol. The van der Waals surface area contributed by atoms with Gasteiger partial charge in [0.15, 0.2) is 0 Å². The second-order valence-electron chi connectivity index (χ2n) is 5.18. The lowest BCUT2D eigenvalue weighted by Gasteiger charge is -2.19. The Bertz CT molecular complexity index is 532. The minimum absolute atomic E-state index is 0.339. The number of hydrogen-bond donors (Lipinski definition) is 3. The van der Waals surface area contributed by atoms with Gasteiger partial charge in [0.25, 0.3) is 5.91 Å². The number of benzene rings is 1. The lowest BCUT2D eigenvalue weighted by molar-refractivity contribution is 0.0561. The minimum Gasteiger partial charge on any atom is -0.497 e. The molecule has 7 nitrogen and oxygen atoms in total.